The average Bonchev–Trinajstić information content (AvgIpc) is 3.08. The third-order valence-corrected chi connectivity index (χ3v) is 8.31. The van der Waals surface area contributed by atoms with Crippen LogP contribution in [0, 0.1) is 0 Å². The molecule has 10 bridgehead atoms. The fourth-order valence-corrected chi connectivity index (χ4v) is 5.88. The summed E-state index contributed by atoms with van der Waals surface area (Å²) in [6.07, 6.45) is 1.56. The first kappa shape index (κ1) is 33.7. The van der Waals surface area contributed by atoms with E-state index in [1.807, 2.05) is 72.8 Å². The SMILES string of the molecule is Oc1c2cccc1Cc1cccc3c1OOCCOCCOCCOCCOCCOOc1c(cccc1Cc1cccc(c1O)C3)C2. The lowest BCUT2D eigenvalue weighted by Crippen LogP contribution is -2.15. The van der Waals surface area contributed by atoms with Crippen LogP contribution in [0.15, 0.2) is 72.8 Å². The van der Waals surface area contributed by atoms with Gasteiger partial charge in [0.05, 0.1) is 52.9 Å². The van der Waals surface area contributed by atoms with Crippen molar-refractivity contribution in [1.82, 2.24) is 0 Å². The van der Waals surface area contributed by atoms with Crippen molar-refractivity contribution >= 4 is 0 Å². The van der Waals surface area contributed by atoms with Crippen LogP contribution < -0.4 is 9.78 Å². The van der Waals surface area contributed by atoms with Crippen molar-refractivity contribution in [1.29, 1.82) is 0 Å². The quantitative estimate of drug-likeness (QED) is 0.208. The molecule has 1 aliphatic heterocycles. The standard InChI is InChI=1S/C38H42O10/c39-35-27-5-1-6-28(35)24-32-10-4-12-34-26-30-8-2-7-29(36(30)40)25-33-11-3-9-31(23-27)37(33)47-45-21-19-43-17-15-41-13-14-42-16-18-44-20-22-46-48-38(32)34/h1-12,39-40H,13-26H2. The largest absolute Gasteiger partial charge is 0.507 e. The Morgan fingerprint density at radius 2 is 0.583 bits per heavy atom. The first-order chi connectivity index (χ1) is 23.7. The lowest BCUT2D eigenvalue weighted by atomic mass is 9.91. The summed E-state index contributed by atoms with van der Waals surface area (Å²) in [6, 6.07) is 23.2. The zero-order valence-corrected chi connectivity index (χ0v) is 27.0. The molecular weight excluding hydrogens is 616 g/mol. The number of para-hydroxylation sites is 4. The Labute approximate surface area is 280 Å². The van der Waals surface area contributed by atoms with Crippen molar-refractivity contribution in [2.24, 2.45) is 0 Å². The molecule has 4 aromatic rings. The lowest BCUT2D eigenvalue weighted by molar-refractivity contribution is -0.216. The molecule has 1 aliphatic carbocycles. The lowest BCUT2D eigenvalue weighted by Gasteiger charge is -2.19. The zero-order valence-electron chi connectivity index (χ0n) is 27.0. The molecule has 0 spiro atoms. The minimum atomic E-state index is 0.199. The molecule has 10 nitrogen and oxygen atoms in total. The van der Waals surface area contributed by atoms with Gasteiger partial charge in [0.15, 0.2) is 11.5 Å². The van der Waals surface area contributed by atoms with E-state index in [0.717, 1.165) is 44.5 Å². The molecule has 2 N–H and O–H groups in total. The summed E-state index contributed by atoms with van der Waals surface area (Å²) in [6.45, 7) is 3.62. The van der Waals surface area contributed by atoms with E-state index in [1.54, 1.807) is 0 Å². The smallest absolute Gasteiger partial charge is 0.172 e. The molecule has 2 aliphatic rings. The number of rotatable bonds is 0. The van der Waals surface area contributed by atoms with Crippen molar-refractivity contribution in [3.8, 4) is 23.0 Å². The summed E-state index contributed by atoms with van der Waals surface area (Å²) >= 11 is 0. The van der Waals surface area contributed by atoms with Crippen LogP contribution >= 0.6 is 0 Å². The molecule has 0 radical (unpaired) electrons. The fraction of sp³-hybridized carbons (Fsp3) is 0.368. The van der Waals surface area contributed by atoms with Crippen LogP contribution in [0.2, 0.25) is 0 Å². The summed E-state index contributed by atoms with van der Waals surface area (Å²) in [5.74, 6) is 1.49. The molecule has 0 saturated heterocycles. The summed E-state index contributed by atoms with van der Waals surface area (Å²) < 4.78 is 22.4. The number of ether oxygens (including phenoxy) is 4. The average molecular weight is 659 g/mol. The summed E-state index contributed by atoms with van der Waals surface area (Å²) in [5.41, 5.74) is 6.28. The van der Waals surface area contributed by atoms with Gasteiger partial charge in [0.25, 0.3) is 0 Å². The third-order valence-electron chi connectivity index (χ3n) is 8.31. The van der Waals surface area contributed by atoms with Crippen LogP contribution in [0.3, 0.4) is 0 Å². The minimum Gasteiger partial charge on any atom is -0.507 e. The maximum absolute atomic E-state index is 11.6. The summed E-state index contributed by atoms with van der Waals surface area (Å²) in [4.78, 5) is 23.3. The van der Waals surface area contributed by atoms with Crippen molar-refractivity contribution in [2.75, 3.05) is 66.1 Å². The molecule has 48 heavy (non-hydrogen) atoms. The molecule has 4 aromatic carbocycles. The monoisotopic (exact) mass is 658 g/mol. The first-order valence-electron chi connectivity index (χ1n) is 16.4. The number of benzene rings is 4. The van der Waals surface area contributed by atoms with Crippen LogP contribution in [0.5, 0.6) is 23.0 Å². The van der Waals surface area contributed by atoms with Crippen LogP contribution in [0.25, 0.3) is 0 Å². The predicted molar refractivity (Wildman–Crippen MR) is 177 cm³/mol. The van der Waals surface area contributed by atoms with E-state index in [2.05, 4.69) is 0 Å². The Morgan fingerprint density at radius 1 is 0.333 bits per heavy atom. The molecule has 0 saturated carbocycles. The van der Waals surface area contributed by atoms with Gasteiger partial charge in [-0.15, -0.1) is 0 Å². The minimum absolute atomic E-state index is 0.199. The van der Waals surface area contributed by atoms with E-state index >= 15 is 0 Å². The molecule has 10 heteroatoms. The number of phenols is 2. The highest BCUT2D eigenvalue weighted by atomic mass is 17.2. The molecule has 254 valence electrons. The van der Waals surface area contributed by atoms with Crippen molar-refractivity contribution in [2.45, 2.75) is 25.7 Å². The van der Waals surface area contributed by atoms with Gasteiger partial charge in [0.2, 0.25) is 0 Å². The molecule has 0 unspecified atom stereocenters. The molecule has 0 amide bonds. The van der Waals surface area contributed by atoms with Crippen LogP contribution in [0.1, 0.15) is 44.5 Å². The number of hydrogen-bond acceptors (Lipinski definition) is 10. The summed E-state index contributed by atoms with van der Waals surface area (Å²) in [7, 11) is 0. The highest BCUT2D eigenvalue weighted by Gasteiger charge is 2.21. The Kier molecular flexibility index (Phi) is 12.2. The van der Waals surface area contributed by atoms with Gasteiger partial charge in [-0.3, -0.25) is 0 Å². The van der Waals surface area contributed by atoms with E-state index in [0.29, 0.717) is 90.0 Å². The van der Waals surface area contributed by atoms with Gasteiger partial charge in [-0.05, 0) is 22.3 Å². The summed E-state index contributed by atoms with van der Waals surface area (Å²) in [5, 5.41) is 23.1. The van der Waals surface area contributed by atoms with Gasteiger partial charge in [-0.2, -0.15) is 9.78 Å². The van der Waals surface area contributed by atoms with Gasteiger partial charge in [-0.25, -0.2) is 0 Å². The van der Waals surface area contributed by atoms with Gasteiger partial charge in [-0.1, -0.05) is 72.8 Å². The van der Waals surface area contributed by atoms with E-state index < -0.39 is 0 Å². The van der Waals surface area contributed by atoms with Gasteiger partial charge in [0, 0.05) is 47.9 Å². The topological polar surface area (TPSA) is 114 Å². The Morgan fingerprint density at radius 3 is 0.875 bits per heavy atom. The normalized spacial score (nSPS) is 17.2. The predicted octanol–water partition coefficient (Wildman–Crippen LogP) is 5.48. The highest BCUT2D eigenvalue weighted by molar-refractivity contribution is 5.55. The second-order valence-electron chi connectivity index (χ2n) is 11.6. The highest BCUT2D eigenvalue weighted by Crippen LogP contribution is 2.38. The fourth-order valence-electron chi connectivity index (χ4n) is 5.88. The maximum Gasteiger partial charge on any atom is 0.172 e. The van der Waals surface area contributed by atoms with Crippen LogP contribution in [0.4, 0.5) is 0 Å². The van der Waals surface area contributed by atoms with Crippen LogP contribution in [-0.2, 0) is 54.4 Å². The number of phenolic OH excluding ortho intramolecular Hbond substituents is 2. The number of hydrogen-bond donors (Lipinski definition) is 2. The van der Waals surface area contributed by atoms with Crippen molar-refractivity contribution in [3.63, 3.8) is 0 Å². The van der Waals surface area contributed by atoms with Crippen molar-refractivity contribution in [3.05, 3.63) is 117 Å². The van der Waals surface area contributed by atoms with E-state index in [-0.39, 0.29) is 24.7 Å². The van der Waals surface area contributed by atoms with Crippen molar-refractivity contribution < 1.29 is 48.7 Å². The Bertz CT molecular complexity index is 1430. The number of fused-ring (bicyclic) bond motifs is 2. The van der Waals surface area contributed by atoms with E-state index in [1.165, 1.54) is 0 Å². The second kappa shape index (κ2) is 17.3. The second-order valence-corrected chi connectivity index (χ2v) is 11.6. The van der Waals surface area contributed by atoms with Gasteiger partial charge >= 0.3 is 0 Å². The van der Waals surface area contributed by atoms with Gasteiger partial charge in [0.1, 0.15) is 24.7 Å². The zero-order chi connectivity index (χ0) is 33.0. The third kappa shape index (κ3) is 8.84. The first-order valence-corrected chi connectivity index (χ1v) is 16.4. The molecule has 6 rings (SSSR count). The maximum atomic E-state index is 11.6. The molecule has 0 aromatic heterocycles. The van der Waals surface area contributed by atoms with Gasteiger partial charge < -0.3 is 38.9 Å². The van der Waals surface area contributed by atoms with E-state index in [4.69, 9.17) is 38.5 Å². The molecular formula is C38H42O10. The Balaban J connectivity index is 1.38. The molecule has 0 atom stereocenters. The van der Waals surface area contributed by atoms with E-state index in [9.17, 15) is 10.2 Å². The molecule has 1 heterocycles. The Hall–Kier alpha value is -4.16. The van der Waals surface area contributed by atoms with Crippen LogP contribution in [-0.4, -0.2) is 76.3 Å². The number of aromatic hydroxyl groups is 2. The molecule has 0 fully saturated rings.